The van der Waals surface area contributed by atoms with Crippen molar-refractivity contribution in [2.45, 2.75) is 33.2 Å². The molecule has 0 N–H and O–H groups in total. The summed E-state index contributed by atoms with van der Waals surface area (Å²) in [6, 6.07) is 9.63. The van der Waals surface area contributed by atoms with Crippen LogP contribution in [0.2, 0.25) is 0 Å². The van der Waals surface area contributed by atoms with Crippen molar-refractivity contribution in [3.63, 3.8) is 0 Å². The molecule has 1 aliphatic rings. The van der Waals surface area contributed by atoms with E-state index in [1.165, 1.54) is 0 Å². The monoisotopic (exact) mass is 438 g/mol. The quantitative estimate of drug-likeness (QED) is 0.523. The lowest BCUT2D eigenvalue weighted by atomic mass is 10.0. The molecule has 1 saturated heterocycles. The third kappa shape index (κ3) is 5.26. The Morgan fingerprint density at radius 1 is 1.06 bits per heavy atom. The number of aromatic nitrogens is 2. The van der Waals surface area contributed by atoms with Crippen LogP contribution in [0, 0.1) is 13.8 Å². The summed E-state index contributed by atoms with van der Waals surface area (Å²) < 4.78 is 5.37. The summed E-state index contributed by atoms with van der Waals surface area (Å²) in [6.45, 7) is 7.36. The number of carbonyl (C=O) groups excluding carboxylic acids is 2. The van der Waals surface area contributed by atoms with Crippen LogP contribution >= 0.6 is 11.3 Å². The summed E-state index contributed by atoms with van der Waals surface area (Å²) in [7, 11) is 0. The number of hydrogen-bond acceptors (Lipinski definition) is 7. The molecule has 8 heteroatoms. The molecule has 31 heavy (non-hydrogen) atoms. The summed E-state index contributed by atoms with van der Waals surface area (Å²) >= 11 is 1.58. The van der Waals surface area contributed by atoms with Gasteiger partial charge in [0, 0.05) is 44.6 Å². The number of thiophene rings is 1. The first-order chi connectivity index (χ1) is 15.0. The molecule has 3 aromatic rings. The second-order valence-corrected chi connectivity index (χ2v) is 8.82. The zero-order valence-corrected chi connectivity index (χ0v) is 18.7. The van der Waals surface area contributed by atoms with Gasteiger partial charge in [-0.1, -0.05) is 23.4 Å². The summed E-state index contributed by atoms with van der Waals surface area (Å²) in [6.07, 6.45) is 0.495. The Labute approximate surface area is 185 Å². The molecule has 1 aliphatic heterocycles. The van der Waals surface area contributed by atoms with Crippen LogP contribution in [0.5, 0.6) is 0 Å². The first-order valence-electron chi connectivity index (χ1n) is 10.5. The van der Waals surface area contributed by atoms with E-state index in [2.05, 4.69) is 15.0 Å². The lowest BCUT2D eigenvalue weighted by Gasteiger charge is -2.34. The van der Waals surface area contributed by atoms with Gasteiger partial charge in [-0.05, 0) is 42.5 Å². The molecule has 0 saturated carbocycles. The number of rotatable bonds is 7. The first kappa shape index (κ1) is 21.4. The van der Waals surface area contributed by atoms with E-state index >= 15 is 0 Å². The molecule has 4 rings (SSSR count). The molecule has 1 aromatic carbocycles. The van der Waals surface area contributed by atoms with Gasteiger partial charge in [0.15, 0.2) is 5.78 Å². The van der Waals surface area contributed by atoms with Gasteiger partial charge in [0.1, 0.15) is 0 Å². The smallest absolute Gasteiger partial charge is 0.241 e. The molecule has 0 radical (unpaired) electrons. The van der Waals surface area contributed by atoms with Crippen molar-refractivity contribution in [3.05, 3.63) is 58.3 Å². The van der Waals surface area contributed by atoms with E-state index in [4.69, 9.17) is 4.52 Å². The molecule has 162 valence electrons. The third-order valence-corrected chi connectivity index (χ3v) is 6.55. The molecule has 1 fully saturated rings. The first-order valence-corrected chi connectivity index (χ1v) is 11.3. The fourth-order valence-corrected chi connectivity index (χ4v) is 4.26. The Morgan fingerprint density at radius 2 is 1.87 bits per heavy atom. The van der Waals surface area contributed by atoms with Crippen molar-refractivity contribution in [2.24, 2.45) is 0 Å². The van der Waals surface area contributed by atoms with Gasteiger partial charge in [0.2, 0.25) is 17.6 Å². The van der Waals surface area contributed by atoms with Crippen molar-refractivity contribution in [1.82, 2.24) is 19.9 Å². The van der Waals surface area contributed by atoms with Gasteiger partial charge in [-0.25, -0.2) is 0 Å². The van der Waals surface area contributed by atoms with Crippen LogP contribution in [0.15, 0.2) is 40.2 Å². The average Bonchev–Trinajstić information content (AvgIpc) is 3.46. The molecular weight excluding hydrogens is 412 g/mol. The van der Waals surface area contributed by atoms with Crippen LogP contribution in [0.1, 0.15) is 40.2 Å². The second-order valence-electron chi connectivity index (χ2n) is 7.87. The predicted octanol–water partition coefficient (Wildman–Crippen LogP) is 3.72. The second kappa shape index (κ2) is 9.53. The van der Waals surface area contributed by atoms with Crippen molar-refractivity contribution >= 4 is 23.0 Å². The SMILES string of the molecule is Cc1ccc(C(=O)CCC(=O)N2CCN(Cc3nc(-c4cccs4)no3)CC2)cc1C. The minimum absolute atomic E-state index is 0.0213. The summed E-state index contributed by atoms with van der Waals surface area (Å²) in [4.78, 5) is 34.5. The van der Waals surface area contributed by atoms with Crippen molar-refractivity contribution in [1.29, 1.82) is 0 Å². The minimum atomic E-state index is 0.0213. The molecule has 0 atom stereocenters. The van der Waals surface area contributed by atoms with Crippen molar-refractivity contribution < 1.29 is 14.1 Å². The molecule has 0 bridgehead atoms. The molecule has 1 amide bonds. The van der Waals surface area contributed by atoms with Gasteiger partial charge >= 0.3 is 0 Å². The van der Waals surface area contributed by atoms with E-state index in [-0.39, 0.29) is 24.5 Å². The molecule has 0 aliphatic carbocycles. The number of piperazine rings is 1. The zero-order chi connectivity index (χ0) is 21.8. The maximum absolute atomic E-state index is 12.6. The Balaban J connectivity index is 1.22. The lowest BCUT2D eigenvalue weighted by Crippen LogP contribution is -2.48. The van der Waals surface area contributed by atoms with Gasteiger partial charge in [-0.15, -0.1) is 11.3 Å². The zero-order valence-electron chi connectivity index (χ0n) is 17.8. The van der Waals surface area contributed by atoms with Gasteiger partial charge < -0.3 is 9.42 Å². The number of hydrogen-bond donors (Lipinski definition) is 0. The normalized spacial score (nSPS) is 14.7. The van der Waals surface area contributed by atoms with E-state index in [9.17, 15) is 9.59 Å². The highest BCUT2D eigenvalue weighted by Gasteiger charge is 2.23. The van der Waals surface area contributed by atoms with Crippen molar-refractivity contribution in [3.8, 4) is 10.7 Å². The van der Waals surface area contributed by atoms with Crippen LogP contribution in [0.3, 0.4) is 0 Å². The van der Waals surface area contributed by atoms with Crippen LogP contribution in [-0.4, -0.2) is 57.8 Å². The van der Waals surface area contributed by atoms with Crippen molar-refractivity contribution in [2.75, 3.05) is 26.2 Å². The Kier molecular flexibility index (Phi) is 6.58. The molecular formula is C23H26N4O3S. The standard InChI is InChI=1S/C23H26N4O3S/c1-16-5-6-18(14-17(16)2)19(28)7-8-22(29)27-11-9-26(10-12-27)15-21-24-23(25-30-21)20-4-3-13-31-20/h3-6,13-14H,7-12,15H2,1-2H3. The average molecular weight is 439 g/mol. The van der Waals surface area contributed by atoms with Gasteiger partial charge in [0.25, 0.3) is 0 Å². The van der Waals surface area contributed by atoms with E-state index in [0.29, 0.717) is 36.9 Å². The predicted molar refractivity (Wildman–Crippen MR) is 119 cm³/mol. The number of Topliss-reactive ketones (excluding diaryl/α,β-unsaturated/α-hetero) is 1. The fraction of sp³-hybridized carbons (Fsp3) is 0.391. The van der Waals surface area contributed by atoms with Crippen LogP contribution in [0.4, 0.5) is 0 Å². The van der Waals surface area contributed by atoms with E-state index < -0.39 is 0 Å². The van der Waals surface area contributed by atoms with Crippen LogP contribution in [-0.2, 0) is 11.3 Å². The van der Waals surface area contributed by atoms with Crippen LogP contribution in [0.25, 0.3) is 10.7 Å². The molecule has 0 unspecified atom stereocenters. The summed E-state index contributed by atoms with van der Waals surface area (Å²) in [5, 5.41) is 6.03. The highest BCUT2D eigenvalue weighted by atomic mass is 32.1. The maximum atomic E-state index is 12.6. The number of carbonyl (C=O) groups is 2. The van der Waals surface area contributed by atoms with Gasteiger partial charge in [0.05, 0.1) is 11.4 Å². The minimum Gasteiger partial charge on any atom is -0.340 e. The number of aryl methyl sites for hydroxylation is 2. The van der Waals surface area contributed by atoms with E-state index in [1.54, 1.807) is 11.3 Å². The maximum Gasteiger partial charge on any atom is 0.241 e. The number of ketones is 1. The lowest BCUT2D eigenvalue weighted by molar-refractivity contribution is -0.133. The number of amides is 1. The fourth-order valence-electron chi connectivity index (χ4n) is 3.61. The van der Waals surface area contributed by atoms with E-state index in [1.807, 2.05) is 54.5 Å². The van der Waals surface area contributed by atoms with E-state index in [0.717, 1.165) is 29.1 Å². The molecule has 2 aromatic heterocycles. The van der Waals surface area contributed by atoms with Crippen LogP contribution < -0.4 is 0 Å². The Morgan fingerprint density at radius 3 is 2.58 bits per heavy atom. The highest BCUT2D eigenvalue weighted by Crippen LogP contribution is 2.22. The Bertz CT molecular complexity index is 1050. The largest absolute Gasteiger partial charge is 0.340 e. The summed E-state index contributed by atoms with van der Waals surface area (Å²) in [5.41, 5.74) is 2.94. The number of nitrogens with zero attached hydrogens (tertiary/aromatic N) is 4. The topological polar surface area (TPSA) is 79.5 Å². The molecule has 7 nitrogen and oxygen atoms in total. The third-order valence-electron chi connectivity index (χ3n) is 5.69. The highest BCUT2D eigenvalue weighted by molar-refractivity contribution is 7.13. The summed E-state index contributed by atoms with van der Waals surface area (Å²) in [5.74, 6) is 1.26. The van der Waals surface area contributed by atoms with Gasteiger partial charge in [-0.3, -0.25) is 14.5 Å². The number of benzene rings is 1. The molecule has 0 spiro atoms. The van der Waals surface area contributed by atoms with Gasteiger partial charge in [-0.2, -0.15) is 4.98 Å². The Hall–Kier alpha value is -2.84. The molecule has 3 heterocycles.